The van der Waals surface area contributed by atoms with E-state index in [1.807, 2.05) is 24.3 Å². The summed E-state index contributed by atoms with van der Waals surface area (Å²) in [4.78, 5) is 41.8. The maximum atomic E-state index is 13.7. The number of nitrogens with one attached hydrogen (secondary N) is 1. The number of amides is 3. The van der Waals surface area contributed by atoms with E-state index in [2.05, 4.69) is 39.2 Å². The number of carbonyl (C=O) groups is 3. The third-order valence-electron chi connectivity index (χ3n) is 7.74. The van der Waals surface area contributed by atoms with Crippen molar-refractivity contribution in [1.29, 1.82) is 0 Å². The molecule has 4 aromatic carbocycles. The molecule has 7 nitrogen and oxygen atoms in total. The number of hydrogen-bond acceptors (Lipinski definition) is 5. The van der Waals surface area contributed by atoms with Crippen molar-refractivity contribution in [2.75, 3.05) is 17.3 Å². The number of benzene rings is 4. The number of anilines is 2. The van der Waals surface area contributed by atoms with E-state index < -0.39 is 20.1 Å². The van der Waals surface area contributed by atoms with Crippen molar-refractivity contribution in [2.24, 2.45) is 0 Å². The van der Waals surface area contributed by atoms with Gasteiger partial charge < -0.3 is 14.5 Å². The van der Waals surface area contributed by atoms with Gasteiger partial charge in [0.05, 0.1) is 29.6 Å². The van der Waals surface area contributed by atoms with Crippen LogP contribution in [-0.4, -0.2) is 33.1 Å². The first kappa shape index (κ1) is 27.1. The summed E-state index contributed by atoms with van der Waals surface area (Å²) in [6, 6.07) is 22.9. The van der Waals surface area contributed by atoms with E-state index in [0.29, 0.717) is 33.9 Å². The first-order valence-corrected chi connectivity index (χ1v) is 16.0. The van der Waals surface area contributed by atoms with Crippen LogP contribution < -0.4 is 19.4 Å². The van der Waals surface area contributed by atoms with Crippen molar-refractivity contribution < 1.29 is 23.5 Å². The molecule has 0 radical (unpaired) electrons. The smallest absolute Gasteiger partial charge is 0.266 e. The second kappa shape index (κ2) is 9.95. The predicted molar refractivity (Wildman–Crippen MR) is 160 cm³/mol. The molecule has 0 bridgehead atoms. The maximum absolute atomic E-state index is 13.7. The number of imide groups is 1. The van der Waals surface area contributed by atoms with Gasteiger partial charge in [-0.2, -0.15) is 0 Å². The molecule has 1 aliphatic rings. The lowest BCUT2D eigenvalue weighted by atomic mass is 10.0. The zero-order valence-corrected chi connectivity index (χ0v) is 24.5. The highest BCUT2D eigenvalue weighted by molar-refractivity contribution is 6.74. The van der Waals surface area contributed by atoms with Crippen molar-refractivity contribution in [3.05, 3.63) is 95.6 Å². The molecule has 0 fully saturated rings. The summed E-state index contributed by atoms with van der Waals surface area (Å²) in [5, 5.41) is 4.56. The van der Waals surface area contributed by atoms with Gasteiger partial charge in [-0.3, -0.25) is 14.4 Å². The van der Waals surface area contributed by atoms with Gasteiger partial charge in [0.1, 0.15) is 11.5 Å². The highest BCUT2D eigenvalue weighted by Crippen LogP contribution is 2.41. The van der Waals surface area contributed by atoms with Crippen LogP contribution in [0.15, 0.2) is 78.9 Å². The van der Waals surface area contributed by atoms with Crippen molar-refractivity contribution in [1.82, 2.24) is 0 Å². The molecule has 0 aromatic heterocycles. The molecule has 1 aliphatic heterocycles. The van der Waals surface area contributed by atoms with E-state index in [-0.39, 0.29) is 16.6 Å². The number of ether oxygens (including phenoxy) is 1. The van der Waals surface area contributed by atoms with Crippen LogP contribution >= 0.6 is 0 Å². The lowest BCUT2D eigenvalue weighted by Gasteiger charge is -2.36. The molecule has 0 spiro atoms. The zero-order chi connectivity index (χ0) is 28.8. The van der Waals surface area contributed by atoms with Gasteiger partial charge in [0.2, 0.25) is 8.32 Å². The largest absolute Gasteiger partial charge is 0.543 e. The molecule has 0 unspecified atom stereocenters. The van der Waals surface area contributed by atoms with Gasteiger partial charge in [-0.25, -0.2) is 4.90 Å². The second-order valence-corrected chi connectivity index (χ2v) is 16.1. The standard InChI is InChI=1S/C32H32N2O5Si/c1-32(2,3)40(5,6)39-24-15-16-27(33-29(35)20-11-13-23(38-4)14-12-20)28(19-24)34-30(36)25-17-21-9-7-8-10-22(21)18-26(25)31(34)37/h7-19H,1-6H3,(H,33,35). The number of hydrogen-bond donors (Lipinski definition) is 1. The van der Waals surface area contributed by atoms with Crippen LogP contribution in [0, 0.1) is 0 Å². The van der Waals surface area contributed by atoms with Crippen LogP contribution in [0.2, 0.25) is 18.1 Å². The number of nitrogens with zero attached hydrogens (tertiary/aromatic N) is 1. The predicted octanol–water partition coefficient (Wildman–Crippen LogP) is 7.29. The monoisotopic (exact) mass is 552 g/mol. The summed E-state index contributed by atoms with van der Waals surface area (Å²) in [6.45, 7) is 10.7. The lowest BCUT2D eigenvalue weighted by molar-refractivity contribution is 0.0924. The van der Waals surface area contributed by atoms with Crippen LogP contribution in [0.25, 0.3) is 10.8 Å². The molecule has 40 heavy (non-hydrogen) atoms. The molecule has 1 N–H and O–H groups in total. The van der Waals surface area contributed by atoms with E-state index in [0.717, 1.165) is 15.7 Å². The Labute approximate surface area is 234 Å². The minimum atomic E-state index is -2.24. The summed E-state index contributed by atoms with van der Waals surface area (Å²) in [7, 11) is -0.682. The highest BCUT2D eigenvalue weighted by Gasteiger charge is 2.41. The van der Waals surface area contributed by atoms with Crippen molar-refractivity contribution in [3.8, 4) is 11.5 Å². The minimum Gasteiger partial charge on any atom is -0.543 e. The molecule has 3 amide bonds. The maximum Gasteiger partial charge on any atom is 0.266 e. The summed E-state index contributed by atoms with van der Waals surface area (Å²) >= 11 is 0. The number of rotatable bonds is 6. The van der Waals surface area contributed by atoms with Gasteiger partial charge in [-0.15, -0.1) is 0 Å². The molecule has 0 saturated heterocycles. The van der Waals surface area contributed by atoms with Crippen molar-refractivity contribution in [3.63, 3.8) is 0 Å². The third kappa shape index (κ3) is 4.86. The number of methoxy groups -OCH3 is 1. The topological polar surface area (TPSA) is 84.9 Å². The Hall–Kier alpha value is -4.43. The molecule has 0 aliphatic carbocycles. The molecule has 1 heterocycles. The Morgan fingerprint density at radius 3 is 1.88 bits per heavy atom. The molecule has 5 rings (SSSR count). The van der Waals surface area contributed by atoms with E-state index >= 15 is 0 Å². The van der Waals surface area contributed by atoms with Crippen molar-refractivity contribution >= 4 is 48.2 Å². The number of fused-ring (bicyclic) bond motifs is 2. The van der Waals surface area contributed by atoms with E-state index in [1.54, 1.807) is 61.7 Å². The SMILES string of the molecule is COc1ccc(C(=O)Nc2ccc(O[Si](C)(C)C(C)(C)C)cc2N2C(=O)c3cc4ccccc4cc3C2=O)cc1. The Morgan fingerprint density at radius 2 is 1.35 bits per heavy atom. The molecule has 8 heteroatoms. The second-order valence-electron chi connectivity index (χ2n) is 11.4. The zero-order valence-electron chi connectivity index (χ0n) is 23.5. The van der Waals surface area contributed by atoms with Gasteiger partial charge in [0.25, 0.3) is 17.7 Å². The molecule has 4 aromatic rings. The molecular weight excluding hydrogens is 520 g/mol. The van der Waals surface area contributed by atoms with Crippen LogP contribution in [-0.2, 0) is 0 Å². The van der Waals surface area contributed by atoms with Gasteiger partial charge in [-0.1, -0.05) is 45.0 Å². The van der Waals surface area contributed by atoms with Crippen LogP contribution in [0.1, 0.15) is 51.8 Å². The first-order chi connectivity index (χ1) is 18.9. The Bertz CT molecular complexity index is 1600. The Morgan fingerprint density at radius 1 is 0.800 bits per heavy atom. The summed E-state index contributed by atoms with van der Waals surface area (Å²) in [6.07, 6.45) is 0. The lowest BCUT2D eigenvalue weighted by Crippen LogP contribution is -2.43. The summed E-state index contributed by atoms with van der Waals surface area (Å²) < 4.78 is 11.7. The molecule has 0 atom stereocenters. The van der Waals surface area contributed by atoms with Crippen LogP contribution in [0.4, 0.5) is 11.4 Å². The van der Waals surface area contributed by atoms with Crippen LogP contribution in [0.5, 0.6) is 11.5 Å². The van der Waals surface area contributed by atoms with Gasteiger partial charge in [0.15, 0.2) is 0 Å². The molecular formula is C32H32N2O5Si. The van der Waals surface area contributed by atoms with E-state index in [4.69, 9.17) is 9.16 Å². The normalized spacial score (nSPS) is 13.4. The van der Waals surface area contributed by atoms with E-state index in [1.165, 1.54) is 0 Å². The fourth-order valence-corrected chi connectivity index (χ4v) is 5.42. The average Bonchev–Trinajstić information content (AvgIpc) is 3.16. The fourth-order valence-electron chi connectivity index (χ4n) is 4.40. The third-order valence-corrected chi connectivity index (χ3v) is 12.1. The van der Waals surface area contributed by atoms with Gasteiger partial charge >= 0.3 is 0 Å². The van der Waals surface area contributed by atoms with Gasteiger partial charge in [0, 0.05) is 11.6 Å². The highest BCUT2D eigenvalue weighted by atomic mass is 28.4. The number of carbonyl (C=O) groups excluding carboxylic acids is 3. The molecule has 204 valence electrons. The summed E-state index contributed by atoms with van der Waals surface area (Å²) in [5.41, 5.74) is 1.64. The van der Waals surface area contributed by atoms with Crippen LogP contribution in [0.3, 0.4) is 0 Å². The van der Waals surface area contributed by atoms with Crippen molar-refractivity contribution in [2.45, 2.75) is 38.9 Å². The average molecular weight is 553 g/mol. The Kier molecular flexibility index (Phi) is 6.75. The summed E-state index contributed by atoms with van der Waals surface area (Å²) in [5.74, 6) is -0.122. The molecule has 0 saturated carbocycles. The minimum absolute atomic E-state index is 0.0654. The van der Waals surface area contributed by atoms with E-state index in [9.17, 15) is 14.4 Å². The quantitative estimate of drug-likeness (QED) is 0.201. The van der Waals surface area contributed by atoms with Gasteiger partial charge in [-0.05, 0) is 77.4 Å². The first-order valence-electron chi connectivity index (χ1n) is 13.1. The Balaban J connectivity index is 1.58. The fraction of sp³-hybridized carbons (Fsp3) is 0.219.